The zero-order chi connectivity index (χ0) is 32.8. The molecular weight excluding hydrogens is 585 g/mol. The van der Waals surface area contributed by atoms with Gasteiger partial charge in [0, 0.05) is 73.7 Å². The Balaban J connectivity index is 1.47. The van der Waals surface area contributed by atoms with Crippen LogP contribution in [0.1, 0.15) is 24.2 Å². The van der Waals surface area contributed by atoms with E-state index >= 15 is 4.39 Å². The number of halogens is 1. The van der Waals surface area contributed by atoms with Crippen LogP contribution in [-0.4, -0.2) is 121 Å². The first-order chi connectivity index (χ1) is 22.2. The number of H-pyrrole nitrogens is 1. The summed E-state index contributed by atoms with van der Waals surface area (Å²) in [5, 5.41) is 3.51. The highest BCUT2D eigenvalue weighted by atomic mass is 19.1. The van der Waals surface area contributed by atoms with E-state index in [0.717, 1.165) is 61.5 Å². The third-order valence-corrected chi connectivity index (χ3v) is 8.59. The van der Waals surface area contributed by atoms with Crippen molar-refractivity contribution in [2.24, 2.45) is 0 Å². The predicted molar refractivity (Wildman–Crippen MR) is 181 cm³/mol. The van der Waals surface area contributed by atoms with Gasteiger partial charge in [-0.25, -0.2) is 9.37 Å². The molecule has 2 aromatic heterocycles. The second-order valence-corrected chi connectivity index (χ2v) is 11.9. The quantitative estimate of drug-likeness (QED) is 0.236. The Morgan fingerprint density at radius 1 is 1.02 bits per heavy atom. The van der Waals surface area contributed by atoms with E-state index in [1.165, 1.54) is 6.07 Å². The number of hydrogen-bond acceptors (Lipinski definition) is 7. The van der Waals surface area contributed by atoms with Crippen LogP contribution in [0.4, 0.5) is 10.1 Å². The molecular formula is C35H44FN7O3. The van der Waals surface area contributed by atoms with E-state index < -0.39 is 11.7 Å². The normalized spacial score (nSPS) is 14.0. The van der Waals surface area contributed by atoms with Crippen LogP contribution >= 0.6 is 0 Å². The summed E-state index contributed by atoms with van der Waals surface area (Å²) in [6, 6.07) is 12.7. The van der Waals surface area contributed by atoms with Crippen molar-refractivity contribution in [3.63, 3.8) is 0 Å². The van der Waals surface area contributed by atoms with Crippen molar-refractivity contribution in [3.8, 4) is 28.0 Å². The van der Waals surface area contributed by atoms with Gasteiger partial charge in [0.25, 0.3) is 5.91 Å². The molecule has 1 fully saturated rings. The van der Waals surface area contributed by atoms with E-state index in [2.05, 4.69) is 38.9 Å². The van der Waals surface area contributed by atoms with Crippen molar-refractivity contribution >= 4 is 28.5 Å². The molecule has 0 bridgehead atoms. The first kappa shape index (κ1) is 33.1. The number of anilines is 1. The number of pyridine rings is 1. The maximum atomic E-state index is 16.0. The summed E-state index contributed by atoms with van der Waals surface area (Å²) in [5.41, 5.74) is 3.62. The van der Waals surface area contributed by atoms with E-state index in [9.17, 15) is 9.59 Å². The number of piperazine rings is 1. The Bertz CT molecular complexity index is 1680. The van der Waals surface area contributed by atoms with Crippen molar-refractivity contribution in [1.82, 2.24) is 29.6 Å². The molecule has 4 aromatic rings. The number of aromatic nitrogens is 2. The molecule has 0 atom stereocenters. The van der Waals surface area contributed by atoms with Gasteiger partial charge in [0.2, 0.25) is 5.91 Å². The van der Waals surface area contributed by atoms with Crippen molar-refractivity contribution in [2.75, 3.05) is 85.4 Å². The second kappa shape index (κ2) is 14.8. The summed E-state index contributed by atoms with van der Waals surface area (Å²) in [6.07, 6.45) is 3.53. The highest BCUT2D eigenvalue weighted by molar-refractivity contribution is 6.06. The number of likely N-dealkylation sites (N-methyl/N-ethyl adjacent to an activating group) is 2. The Labute approximate surface area is 270 Å². The minimum absolute atomic E-state index is 0.0554. The van der Waals surface area contributed by atoms with Crippen LogP contribution in [-0.2, 0) is 4.79 Å². The van der Waals surface area contributed by atoms with Crippen LogP contribution in [0.5, 0.6) is 5.75 Å². The number of ether oxygens (including phenoxy) is 1. The van der Waals surface area contributed by atoms with E-state index in [-0.39, 0.29) is 23.7 Å². The summed E-state index contributed by atoms with van der Waals surface area (Å²) >= 11 is 0. The molecule has 0 spiro atoms. The predicted octanol–water partition coefficient (Wildman–Crippen LogP) is 4.64. The van der Waals surface area contributed by atoms with E-state index in [4.69, 9.17) is 4.74 Å². The Hall–Kier alpha value is -4.32. The van der Waals surface area contributed by atoms with E-state index in [1.54, 1.807) is 43.3 Å². The molecule has 11 heteroatoms. The van der Waals surface area contributed by atoms with Gasteiger partial charge in [0.1, 0.15) is 17.2 Å². The van der Waals surface area contributed by atoms with Crippen LogP contribution in [0.3, 0.4) is 0 Å². The fraction of sp³-hybridized carbons (Fsp3) is 0.400. The number of aromatic amines is 1. The van der Waals surface area contributed by atoms with Gasteiger partial charge in [0.05, 0.1) is 24.9 Å². The molecule has 2 N–H and O–H groups in total. The summed E-state index contributed by atoms with van der Waals surface area (Å²) in [7, 11) is 5.15. The number of carbonyl (C=O) groups is 2. The van der Waals surface area contributed by atoms with Crippen LogP contribution in [0.15, 0.2) is 54.9 Å². The minimum Gasteiger partial charge on any atom is -0.496 e. The van der Waals surface area contributed by atoms with Crippen LogP contribution in [0, 0.1) is 5.82 Å². The number of fused-ring (bicyclic) bond motifs is 1. The lowest BCUT2D eigenvalue weighted by atomic mass is 9.98. The zero-order valence-electron chi connectivity index (χ0n) is 27.4. The molecule has 2 aromatic carbocycles. The molecule has 46 heavy (non-hydrogen) atoms. The van der Waals surface area contributed by atoms with Crippen LogP contribution in [0.2, 0.25) is 0 Å². The van der Waals surface area contributed by atoms with Crippen molar-refractivity contribution in [3.05, 3.63) is 66.2 Å². The van der Waals surface area contributed by atoms with Crippen LogP contribution < -0.4 is 10.1 Å². The van der Waals surface area contributed by atoms with Crippen molar-refractivity contribution < 1.29 is 18.7 Å². The second-order valence-electron chi connectivity index (χ2n) is 11.9. The molecule has 1 aliphatic heterocycles. The molecule has 0 radical (unpaired) electrons. The van der Waals surface area contributed by atoms with Gasteiger partial charge in [-0.05, 0) is 57.0 Å². The average molecular weight is 630 g/mol. The number of rotatable bonds is 12. The highest BCUT2D eigenvalue weighted by Crippen LogP contribution is 2.37. The van der Waals surface area contributed by atoms with Gasteiger partial charge in [0.15, 0.2) is 0 Å². The molecule has 2 amide bonds. The monoisotopic (exact) mass is 629 g/mol. The fourth-order valence-corrected chi connectivity index (χ4v) is 5.95. The topological polar surface area (TPSA) is 97.0 Å². The highest BCUT2D eigenvalue weighted by Gasteiger charge is 2.27. The van der Waals surface area contributed by atoms with Gasteiger partial charge < -0.3 is 29.7 Å². The summed E-state index contributed by atoms with van der Waals surface area (Å²) in [4.78, 5) is 42.8. The standard InChI is InChI=1S/C35H44FN7O3/c1-6-41(7-2)12-13-42-14-16-43(17-15-42)35(45)28-18-24(20-30(36)33(28)39-32(44)23-40(3)4)25-19-27-29(22-38-34(27)37-21-25)26-10-8-9-11-31(26)46-5/h8-11,18-22H,6-7,12-17,23H2,1-5H3,(H,37,38)(H,39,44). The van der Waals surface area contributed by atoms with E-state index in [0.29, 0.717) is 29.9 Å². The molecule has 1 saturated heterocycles. The van der Waals surface area contributed by atoms with Crippen LogP contribution in [0.25, 0.3) is 33.3 Å². The summed E-state index contributed by atoms with van der Waals surface area (Å²) < 4.78 is 21.6. The number of para-hydroxylation sites is 1. The number of methoxy groups -OCH3 is 1. The largest absolute Gasteiger partial charge is 0.496 e. The Morgan fingerprint density at radius 3 is 2.46 bits per heavy atom. The van der Waals surface area contributed by atoms with Crippen molar-refractivity contribution in [2.45, 2.75) is 13.8 Å². The number of nitrogens with zero attached hydrogens (tertiary/aromatic N) is 5. The minimum atomic E-state index is -0.676. The maximum absolute atomic E-state index is 16.0. The van der Waals surface area contributed by atoms with Gasteiger partial charge in [-0.2, -0.15) is 0 Å². The third-order valence-electron chi connectivity index (χ3n) is 8.59. The third kappa shape index (κ3) is 7.38. The molecule has 0 saturated carbocycles. The van der Waals surface area contributed by atoms with Gasteiger partial charge >= 0.3 is 0 Å². The summed E-state index contributed by atoms with van der Waals surface area (Å²) in [5.74, 6) is -0.665. The molecule has 1 aliphatic rings. The Kier molecular flexibility index (Phi) is 10.7. The lowest BCUT2D eigenvalue weighted by Crippen LogP contribution is -2.50. The molecule has 10 nitrogen and oxygen atoms in total. The maximum Gasteiger partial charge on any atom is 0.256 e. The molecule has 0 unspecified atom stereocenters. The lowest BCUT2D eigenvalue weighted by Gasteiger charge is -2.36. The first-order valence-electron chi connectivity index (χ1n) is 15.8. The Morgan fingerprint density at radius 2 is 1.76 bits per heavy atom. The van der Waals surface area contributed by atoms with Gasteiger partial charge in [-0.15, -0.1) is 0 Å². The number of carbonyl (C=O) groups excluding carboxylic acids is 2. The zero-order valence-corrected chi connectivity index (χ0v) is 27.4. The average Bonchev–Trinajstić information content (AvgIpc) is 3.49. The molecule has 3 heterocycles. The molecule has 5 rings (SSSR count). The fourth-order valence-electron chi connectivity index (χ4n) is 5.95. The number of nitrogens with one attached hydrogen (secondary N) is 2. The number of hydrogen-bond donors (Lipinski definition) is 2. The van der Waals surface area contributed by atoms with Gasteiger partial charge in [-0.3, -0.25) is 14.5 Å². The smallest absolute Gasteiger partial charge is 0.256 e. The van der Waals surface area contributed by atoms with E-state index in [1.807, 2.05) is 36.5 Å². The molecule has 244 valence electrons. The van der Waals surface area contributed by atoms with Crippen molar-refractivity contribution in [1.29, 1.82) is 0 Å². The SMILES string of the molecule is CCN(CC)CCN1CCN(C(=O)c2cc(-c3cnc4[nH]cc(-c5ccccc5OC)c4c3)cc(F)c2NC(=O)CN(C)C)CC1. The lowest BCUT2D eigenvalue weighted by molar-refractivity contribution is -0.116. The van der Waals surface area contributed by atoms with Gasteiger partial charge in [-0.1, -0.05) is 32.0 Å². The summed E-state index contributed by atoms with van der Waals surface area (Å²) in [6.45, 7) is 10.8. The number of amides is 2. The first-order valence-corrected chi connectivity index (χ1v) is 15.8. The molecule has 0 aliphatic carbocycles. The number of benzene rings is 2.